The molecular formula is C30H22Cl2F4O. The highest BCUT2D eigenvalue weighted by molar-refractivity contribution is 6.30. The van der Waals surface area contributed by atoms with E-state index in [2.05, 4.69) is 0 Å². The minimum atomic E-state index is -0.922. The molecule has 3 atom stereocenters. The van der Waals surface area contributed by atoms with Crippen LogP contribution >= 0.6 is 23.2 Å². The Morgan fingerprint density at radius 2 is 1.05 bits per heavy atom. The Morgan fingerprint density at radius 3 is 1.62 bits per heavy atom. The van der Waals surface area contributed by atoms with E-state index in [-0.39, 0.29) is 11.8 Å². The molecule has 1 nitrogen and oxygen atoms in total. The molecule has 190 valence electrons. The van der Waals surface area contributed by atoms with Crippen molar-refractivity contribution in [3.8, 4) is 0 Å². The van der Waals surface area contributed by atoms with Crippen molar-refractivity contribution in [2.75, 3.05) is 0 Å². The van der Waals surface area contributed by atoms with E-state index in [4.69, 9.17) is 23.2 Å². The van der Waals surface area contributed by atoms with Gasteiger partial charge in [0.25, 0.3) is 0 Å². The van der Waals surface area contributed by atoms with Gasteiger partial charge in [0, 0.05) is 21.9 Å². The summed E-state index contributed by atoms with van der Waals surface area (Å²) in [5.74, 6) is -3.31. The molecule has 0 radical (unpaired) electrons. The number of hydrogen-bond donors (Lipinski definition) is 1. The third-order valence-corrected chi connectivity index (χ3v) is 7.63. The number of rotatable bonds is 2. The van der Waals surface area contributed by atoms with Crippen molar-refractivity contribution in [1.29, 1.82) is 0 Å². The number of fused-ring (bicyclic) bond motifs is 2. The molecule has 0 aromatic heterocycles. The van der Waals surface area contributed by atoms with E-state index in [9.17, 15) is 22.7 Å². The molecule has 1 N–H and O–H groups in total. The first-order chi connectivity index (χ1) is 17.7. The number of aryl methyl sites for hydroxylation is 1. The second-order valence-electron chi connectivity index (χ2n) is 9.36. The highest BCUT2D eigenvalue weighted by Crippen LogP contribution is 2.45. The van der Waals surface area contributed by atoms with Crippen molar-refractivity contribution in [2.24, 2.45) is 0 Å². The molecule has 0 saturated heterocycles. The van der Waals surface area contributed by atoms with E-state index in [1.54, 1.807) is 12.1 Å². The molecule has 0 aliphatic heterocycles. The van der Waals surface area contributed by atoms with Crippen molar-refractivity contribution in [2.45, 2.75) is 37.2 Å². The summed E-state index contributed by atoms with van der Waals surface area (Å²) in [7, 11) is 0. The quantitative estimate of drug-likeness (QED) is 0.250. The molecule has 4 aromatic rings. The minimum absolute atomic E-state index is 0.127. The fourth-order valence-electron chi connectivity index (χ4n) is 5.30. The van der Waals surface area contributed by atoms with Gasteiger partial charge in [-0.05, 0) is 101 Å². The fraction of sp³-hybridized carbons (Fsp3) is 0.200. The van der Waals surface area contributed by atoms with E-state index < -0.39 is 29.4 Å². The maximum absolute atomic E-state index is 13.4. The lowest BCUT2D eigenvalue weighted by molar-refractivity contribution is 0.176. The minimum Gasteiger partial charge on any atom is -0.388 e. The van der Waals surface area contributed by atoms with Crippen LogP contribution in [0.3, 0.4) is 0 Å². The summed E-state index contributed by atoms with van der Waals surface area (Å²) in [6, 6.07) is 19.7. The molecule has 0 heterocycles. The van der Waals surface area contributed by atoms with Crippen LogP contribution in [0.1, 0.15) is 64.2 Å². The summed E-state index contributed by atoms with van der Waals surface area (Å²) in [6.07, 6.45) is 1.35. The van der Waals surface area contributed by atoms with Crippen molar-refractivity contribution in [1.82, 2.24) is 0 Å². The maximum Gasteiger partial charge on any atom is 0.159 e. The zero-order valence-corrected chi connectivity index (χ0v) is 21.0. The first kappa shape index (κ1) is 25.8. The van der Waals surface area contributed by atoms with Crippen LogP contribution in [0.15, 0.2) is 72.8 Å². The Labute approximate surface area is 222 Å². The zero-order chi connectivity index (χ0) is 26.3. The molecule has 4 aromatic carbocycles. The summed E-state index contributed by atoms with van der Waals surface area (Å²) in [5, 5.41) is 11.3. The molecule has 0 amide bonds. The van der Waals surface area contributed by atoms with Gasteiger partial charge >= 0.3 is 0 Å². The van der Waals surface area contributed by atoms with Gasteiger partial charge in [-0.15, -0.1) is 0 Å². The van der Waals surface area contributed by atoms with Crippen LogP contribution in [0.5, 0.6) is 0 Å². The van der Waals surface area contributed by atoms with Gasteiger partial charge in [0.1, 0.15) is 0 Å². The second-order valence-corrected chi connectivity index (χ2v) is 10.2. The molecule has 6 rings (SSSR count). The summed E-state index contributed by atoms with van der Waals surface area (Å²) in [4.78, 5) is 0. The third-order valence-electron chi connectivity index (χ3n) is 7.12. The predicted octanol–water partition coefficient (Wildman–Crippen LogP) is 8.88. The van der Waals surface area contributed by atoms with Gasteiger partial charge in [-0.2, -0.15) is 0 Å². The molecule has 0 spiro atoms. The lowest BCUT2D eigenvalue weighted by Crippen LogP contribution is -1.97. The lowest BCUT2D eigenvalue weighted by atomic mass is 9.93. The first-order valence-corrected chi connectivity index (χ1v) is 12.6. The van der Waals surface area contributed by atoms with Gasteiger partial charge in [0.15, 0.2) is 23.3 Å². The third kappa shape index (κ3) is 5.26. The van der Waals surface area contributed by atoms with Gasteiger partial charge in [0.05, 0.1) is 6.10 Å². The van der Waals surface area contributed by atoms with Crippen LogP contribution < -0.4 is 0 Å². The SMILES string of the molecule is Fc1cc2c(cc1F)C(c1ccc(Cl)cc1)CC2.OC1CC(c2ccc(Cl)cc2)c2cc(F)c(F)cc21. The van der Waals surface area contributed by atoms with Crippen molar-refractivity contribution in [3.05, 3.63) is 139 Å². The van der Waals surface area contributed by atoms with Gasteiger partial charge in [-0.3, -0.25) is 0 Å². The number of aliphatic hydroxyl groups is 1. The average molecular weight is 545 g/mol. The molecule has 2 aliphatic rings. The lowest BCUT2D eigenvalue weighted by Gasteiger charge is -2.12. The summed E-state index contributed by atoms with van der Waals surface area (Å²) in [5.41, 5.74) is 4.97. The van der Waals surface area contributed by atoms with Gasteiger partial charge in [-0.1, -0.05) is 47.5 Å². The maximum atomic E-state index is 13.4. The first-order valence-electron chi connectivity index (χ1n) is 11.9. The zero-order valence-electron chi connectivity index (χ0n) is 19.5. The number of benzene rings is 4. The van der Waals surface area contributed by atoms with E-state index in [1.165, 1.54) is 18.2 Å². The van der Waals surface area contributed by atoms with Gasteiger partial charge in [0.2, 0.25) is 0 Å². The van der Waals surface area contributed by atoms with E-state index >= 15 is 0 Å². The fourth-order valence-corrected chi connectivity index (χ4v) is 5.55. The number of aliphatic hydroxyl groups excluding tert-OH is 1. The van der Waals surface area contributed by atoms with Crippen molar-refractivity contribution in [3.63, 3.8) is 0 Å². The van der Waals surface area contributed by atoms with Crippen molar-refractivity contribution < 1.29 is 22.7 Å². The smallest absolute Gasteiger partial charge is 0.159 e. The van der Waals surface area contributed by atoms with Crippen LogP contribution in [-0.4, -0.2) is 5.11 Å². The van der Waals surface area contributed by atoms with Crippen LogP contribution in [0.2, 0.25) is 10.0 Å². The molecular weight excluding hydrogens is 523 g/mol. The average Bonchev–Trinajstić information content (AvgIpc) is 3.42. The largest absolute Gasteiger partial charge is 0.388 e. The number of hydrogen-bond acceptors (Lipinski definition) is 1. The summed E-state index contributed by atoms with van der Waals surface area (Å²) >= 11 is 11.7. The molecule has 0 bridgehead atoms. The Balaban J connectivity index is 0.000000152. The van der Waals surface area contributed by atoms with Crippen LogP contribution in [-0.2, 0) is 6.42 Å². The number of halogens is 6. The highest BCUT2D eigenvalue weighted by atomic mass is 35.5. The summed E-state index contributed by atoms with van der Waals surface area (Å²) in [6.45, 7) is 0. The Morgan fingerprint density at radius 1 is 0.595 bits per heavy atom. The van der Waals surface area contributed by atoms with Gasteiger partial charge < -0.3 is 5.11 Å². The highest BCUT2D eigenvalue weighted by Gasteiger charge is 2.32. The molecule has 37 heavy (non-hydrogen) atoms. The van der Waals surface area contributed by atoms with Gasteiger partial charge in [-0.25, -0.2) is 17.6 Å². The van der Waals surface area contributed by atoms with E-state index in [0.717, 1.165) is 41.2 Å². The molecule has 0 fully saturated rings. The van der Waals surface area contributed by atoms with Crippen molar-refractivity contribution >= 4 is 23.2 Å². The molecule has 0 saturated carbocycles. The van der Waals surface area contributed by atoms with E-state index in [0.29, 0.717) is 27.6 Å². The molecule has 2 aliphatic carbocycles. The standard InChI is InChI=1S/C15H11ClF2O.C15H11ClF2/c16-9-3-1-8(2-4-9)10-7-15(19)12-6-14(18)13(17)5-11(10)12;16-11-4-1-9(2-5-11)12-6-3-10-7-14(17)15(18)8-13(10)12/h1-6,10,15,19H,7H2;1-2,4-5,7-8,12H,3,6H2. The Bertz CT molecular complexity index is 1440. The van der Waals surface area contributed by atoms with Crippen LogP contribution in [0.25, 0.3) is 0 Å². The van der Waals surface area contributed by atoms with Crippen LogP contribution in [0, 0.1) is 23.3 Å². The topological polar surface area (TPSA) is 20.2 Å². The Kier molecular flexibility index (Phi) is 7.30. The van der Waals surface area contributed by atoms with Crippen LogP contribution in [0.4, 0.5) is 17.6 Å². The Hall–Kier alpha value is -2.86. The monoisotopic (exact) mass is 544 g/mol. The normalized spacial score (nSPS) is 19.7. The van der Waals surface area contributed by atoms with E-state index in [1.807, 2.05) is 36.4 Å². The summed E-state index contributed by atoms with van der Waals surface area (Å²) < 4.78 is 53.1. The predicted molar refractivity (Wildman–Crippen MR) is 137 cm³/mol. The molecule has 7 heteroatoms. The second kappa shape index (κ2) is 10.5. The molecule has 3 unspecified atom stereocenters.